The van der Waals surface area contributed by atoms with Gasteiger partial charge in [0.15, 0.2) is 0 Å². The number of likely N-dealkylation sites (tertiary alicyclic amines) is 1. The lowest BCUT2D eigenvalue weighted by Gasteiger charge is -2.43. The molecule has 3 N–H and O–H groups in total. The molecule has 112 valence electrons. The molecule has 3 atom stereocenters. The van der Waals surface area contributed by atoms with Gasteiger partial charge < -0.3 is 10.8 Å². The SMILES string of the molecule is CC(N)C(c1ccccc1Br)N1CCCCC1CCO. The van der Waals surface area contributed by atoms with Crippen LogP contribution >= 0.6 is 15.9 Å². The first kappa shape index (κ1) is 16.0. The molecule has 1 aliphatic heterocycles. The zero-order valence-electron chi connectivity index (χ0n) is 12.1. The maximum absolute atomic E-state index is 9.31. The van der Waals surface area contributed by atoms with Crippen LogP contribution < -0.4 is 5.73 Å². The van der Waals surface area contributed by atoms with E-state index in [1.54, 1.807) is 0 Å². The van der Waals surface area contributed by atoms with Gasteiger partial charge in [-0.1, -0.05) is 40.5 Å². The number of halogens is 1. The van der Waals surface area contributed by atoms with Gasteiger partial charge in [0.25, 0.3) is 0 Å². The minimum absolute atomic E-state index is 0.0630. The van der Waals surface area contributed by atoms with Crippen molar-refractivity contribution in [2.24, 2.45) is 5.73 Å². The molecule has 0 amide bonds. The third-order valence-corrected chi connectivity index (χ3v) is 4.94. The van der Waals surface area contributed by atoms with E-state index >= 15 is 0 Å². The maximum Gasteiger partial charge on any atom is 0.0510 e. The van der Waals surface area contributed by atoms with E-state index in [2.05, 4.69) is 46.0 Å². The van der Waals surface area contributed by atoms with Gasteiger partial charge in [0.05, 0.1) is 6.04 Å². The van der Waals surface area contributed by atoms with Crippen LogP contribution in [-0.2, 0) is 0 Å². The number of piperidine rings is 1. The molecule has 1 fully saturated rings. The largest absolute Gasteiger partial charge is 0.396 e. The summed E-state index contributed by atoms with van der Waals surface area (Å²) < 4.78 is 1.12. The topological polar surface area (TPSA) is 49.5 Å². The number of nitrogens with zero attached hydrogens (tertiary/aromatic N) is 1. The number of benzene rings is 1. The summed E-state index contributed by atoms with van der Waals surface area (Å²) in [6.45, 7) is 3.40. The van der Waals surface area contributed by atoms with E-state index in [0.29, 0.717) is 6.04 Å². The molecule has 3 unspecified atom stereocenters. The first-order valence-electron chi connectivity index (χ1n) is 7.51. The fourth-order valence-electron chi connectivity index (χ4n) is 3.33. The Morgan fingerprint density at radius 3 is 2.80 bits per heavy atom. The van der Waals surface area contributed by atoms with Crippen LogP contribution in [0.4, 0.5) is 0 Å². The summed E-state index contributed by atoms with van der Waals surface area (Å²) >= 11 is 3.66. The third-order valence-electron chi connectivity index (χ3n) is 4.21. The van der Waals surface area contributed by atoms with Crippen molar-refractivity contribution >= 4 is 15.9 Å². The van der Waals surface area contributed by atoms with Crippen LogP contribution in [0.25, 0.3) is 0 Å². The van der Waals surface area contributed by atoms with Crippen LogP contribution in [-0.4, -0.2) is 35.2 Å². The number of rotatable bonds is 5. The van der Waals surface area contributed by atoms with Crippen molar-refractivity contribution in [3.63, 3.8) is 0 Å². The quantitative estimate of drug-likeness (QED) is 0.865. The van der Waals surface area contributed by atoms with Crippen LogP contribution in [0.1, 0.15) is 44.2 Å². The highest BCUT2D eigenvalue weighted by molar-refractivity contribution is 9.10. The number of hydrogen-bond acceptors (Lipinski definition) is 3. The Labute approximate surface area is 130 Å². The van der Waals surface area contributed by atoms with E-state index in [1.165, 1.54) is 18.4 Å². The molecule has 0 aromatic heterocycles. The van der Waals surface area contributed by atoms with Crippen molar-refractivity contribution in [1.29, 1.82) is 0 Å². The van der Waals surface area contributed by atoms with Crippen molar-refractivity contribution in [1.82, 2.24) is 4.90 Å². The van der Waals surface area contributed by atoms with Crippen molar-refractivity contribution < 1.29 is 5.11 Å². The molecule has 1 aliphatic rings. The summed E-state index contributed by atoms with van der Waals surface area (Å²) in [4.78, 5) is 2.50. The smallest absolute Gasteiger partial charge is 0.0510 e. The second-order valence-corrected chi connectivity index (χ2v) is 6.58. The summed E-state index contributed by atoms with van der Waals surface area (Å²) in [7, 11) is 0. The molecule has 1 aromatic rings. The molecular weight excluding hydrogens is 316 g/mol. The lowest BCUT2D eigenvalue weighted by molar-refractivity contribution is 0.0649. The maximum atomic E-state index is 9.31. The van der Waals surface area contributed by atoms with Crippen molar-refractivity contribution in [2.75, 3.05) is 13.2 Å². The highest BCUT2D eigenvalue weighted by atomic mass is 79.9. The average Bonchev–Trinajstić information content (AvgIpc) is 2.43. The zero-order valence-corrected chi connectivity index (χ0v) is 13.7. The Bertz CT molecular complexity index is 423. The predicted molar refractivity (Wildman–Crippen MR) is 86.6 cm³/mol. The van der Waals surface area contributed by atoms with Gasteiger partial charge in [-0.3, -0.25) is 4.90 Å². The highest BCUT2D eigenvalue weighted by Crippen LogP contribution is 2.35. The van der Waals surface area contributed by atoms with Crippen LogP contribution in [0, 0.1) is 0 Å². The van der Waals surface area contributed by atoms with Gasteiger partial charge in [0, 0.05) is 23.2 Å². The van der Waals surface area contributed by atoms with Crippen LogP contribution in [0.15, 0.2) is 28.7 Å². The van der Waals surface area contributed by atoms with E-state index < -0.39 is 0 Å². The van der Waals surface area contributed by atoms with E-state index in [-0.39, 0.29) is 18.7 Å². The first-order chi connectivity index (χ1) is 9.65. The van der Waals surface area contributed by atoms with Gasteiger partial charge in [-0.2, -0.15) is 0 Å². The van der Waals surface area contributed by atoms with Crippen molar-refractivity contribution in [3.05, 3.63) is 34.3 Å². The Morgan fingerprint density at radius 2 is 2.15 bits per heavy atom. The summed E-state index contributed by atoms with van der Waals surface area (Å²) in [5.74, 6) is 0. The molecule has 1 heterocycles. The van der Waals surface area contributed by atoms with Gasteiger partial charge >= 0.3 is 0 Å². The lowest BCUT2D eigenvalue weighted by Crippen LogP contribution is -2.48. The van der Waals surface area contributed by atoms with Gasteiger partial charge in [-0.15, -0.1) is 0 Å². The molecule has 0 saturated carbocycles. The molecule has 0 aliphatic carbocycles. The summed E-state index contributed by atoms with van der Waals surface area (Å²) in [5.41, 5.74) is 7.56. The van der Waals surface area contributed by atoms with E-state index in [4.69, 9.17) is 5.73 Å². The number of hydrogen-bond donors (Lipinski definition) is 2. The number of aliphatic hydroxyl groups excluding tert-OH is 1. The fraction of sp³-hybridized carbons (Fsp3) is 0.625. The fourth-order valence-corrected chi connectivity index (χ4v) is 3.85. The highest BCUT2D eigenvalue weighted by Gasteiger charge is 2.32. The van der Waals surface area contributed by atoms with Gasteiger partial charge in [-0.25, -0.2) is 0 Å². The van der Waals surface area contributed by atoms with E-state index in [9.17, 15) is 5.11 Å². The Hall–Kier alpha value is -0.420. The molecule has 0 radical (unpaired) electrons. The van der Waals surface area contributed by atoms with E-state index in [1.807, 2.05) is 6.07 Å². The standard InChI is InChI=1S/C16H25BrN2O/c1-12(18)16(14-7-2-3-8-15(14)17)19-10-5-4-6-13(19)9-11-20/h2-3,7-8,12-13,16,20H,4-6,9-11,18H2,1H3. The average molecular weight is 341 g/mol. The zero-order chi connectivity index (χ0) is 14.5. The number of aliphatic hydroxyl groups is 1. The minimum atomic E-state index is 0.0630. The predicted octanol–water partition coefficient (Wildman–Crippen LogP) is 3.07. The Morgan fingerprint density at radius 1 is 1.40 bits per heavy atom. The van der Waals surface area contributed by atoms with Crippen LogP contribution in [0.2, 0.25) is 0 Å². The molecule has 20 heavy (non-hydrogen) atoms. The van der Waals surface area contributed by atoms with Crippen molar-refractivity contribution in [3.8, 4) is 0 Å². The molecule has 1 aromatic carbocycles. The second-order valence-electron chi connectivity index (χ2n) is 5.73. The molecule has 4 heteroatoms. The van der Waals surface area contributed by atoms with Crippen LogP contribution in [0.5, 0.6) is 0 Å². The normalized spacial score (nSPS) is 23.5. The Kier molecular flexibility index (Phi) is 6.02. The number of nitrogens with two attached hydrogens (primary N) is 1. The summed E-state index contributed by atoms with van der Waals surface area (Å²) in [6.07, 6.45) is 4.47. The summed E-state index contributed by atoms with van der Waals surface area (Å²) in [6, 6.07) is 9.05. The minimum Gasteiger partial charge on any atom is -0.396 e. The van der Waals surface area contributed by atoms with Crippen molar-refractivity contribution in [2.45, 2.75) is 50.7 Å². The molecule has 0 bridgehead atoms. The molecule has 1 saturated heterocycles. The van der Waals surface area contributed by atoms with Crippen LogP contribution in [0.3, 0.4) is 0 Å². The van der Waals surface area contributed by atoms with Gasteiger partial charge in [0.1, 0.15) is 0 Å². The monoisotopic (exact) mass is 340 g/mol. The molecule has 3 nitrogen and oxygen atoms in total. The molecule has 2 rings (SSSR count). The Balaban J connectivity index is 2.29. The van der Waals surface area contributed by atoms with E-state index in [0.717, 1.165) is 23.9 Å². The molecular formula is C16H25BrN2O. The molecule has 0 spiro atoms. The second kappa shape index (κ2) is 7.55. The third kappa shape index (κ3) is 3.61. The lowest BCUT2D eigenvalue weighted by atomic mass is 9.91. The summed E-state index contributed by atoms with van der Waals surface area (Å²) in [5, 5.41) is 9.31. The van der Waals surface area contributed by atoms with Gasteiger partial charge in [0.2, 0.25) is 0 Å². The van der Waals surface area contributed by atoms with Gasteiger partial charge in [-0.05, 0) is 44.4 Å². The first-order valence-corrected chi connectivity index (χ1v) is 8.31.